The van der Waals surface area contributed by atoms with Crippen LogP contribution in [-0.2, 0) is 14.4 Å². The number of hydrogen-bond acceptors (Lipinski definition) is 4. The number of aryl methyl sites for hydroxylation is 1. The number of fused-ring (bicyclic) bond motifs is 1. The fourth-order valence-corrected chi connectivity index (χ4v) is 2.84. The summed E-state index contributed by atoms with van der Waals surface area (Å²) in [6.07, 6.45) is 1.96. The number of benzene rings is 1. The number of hydrogen-bond donors (Lipinski definition) is 2. The summed E-state index contributed by atoms with van der Waals surface area (Å²) in [7, 11) is 0. The van der Waals surface area contributed by atoms with Gasteiger partial charge in [0.25, 0.3) is 0 Å². The monoisotopic (exact) mass is 340 g/mol. The number of amides is 3. The smallest absolute Gasteiger partial charge is 0.313 e. The summed E-state index contributed by atoms with van der Waals surface area (Å²) in [6, 6.07) is 9.14. The number of pyridine rings is 1. The number of rotatable bonds is 3. The van der Waals surface area contributed by atoms with E-state index in [1.54, 1.807) is 17.0 Å². The fraction of sp³-hybridized carbons (Fsp3) is 0.333. The third-order valence-corrected chi connectivity index (χ3v) is 4.17. The number of carbonyl (C=O) groups excluding carboxylic acids is 3. The number of nitrogens with one attached hydrogen (secondary N) is 2. The highest BCUT2D eigenvalue weighted by atomic mass is 16.2. The molecule has 1 aliphatic rings. The lowest BCUT2D eigenvalue weighted by Gasteiger charge is -2.15. The van der Waals surface area contributed by atoms with Gasteiger partial charge in [-0.15, -0.1) is 0 Å². The van der Waals surface area contributed by atoms with Gasteiger partial charge >= 0.3 is 11.8 Å². The Morgan fingerprint density at radius 1 is 1.08 bits per heavy atom. The summed E-state index contributed by atoms with van der Waals surface area (Å²) in [4.78, 5) is 42.1. The van der Waals surface area contributed by atoms with E-state index >= 15 is 0 Å². The van der Waals surface area contributed by atoms with Crippen molar-refractivity contribution in [3.63, 3.8) is 0 Å². The van der Waals surface area contributed by atoms with Crippen molar-refractivity contribution in [1.29, 1.82) is 0 Å². The van der Waals surface area contributed by atoms with Crippen LogP contribution in [-0.4, -0.2) is 47.2 Å². The predicted molar refractivity (Wildman–Crippen MR) is 93.9 cm³/mol. The van der Waals surface area contributed by atoms with Crippen LogP contribution in [0, 0.1) is 6.92 Å². The quantitative estimate of drug-likeness (QED) is 0.822. The van der Waals surface area contributed by atoms with Gasteiger partial charge in [0.2, 0.25) is 5.91 Å². The predicted octanol–water partition coefficient (Wildman–Crippen LogP) is 1.22. The molecule has 1 aliphatic heterocycles. The van der Waals surface area contributed by atoms with Crippen LogP contribution in [0.2, 0.25) is 0 Å². The first-order chi connectivity index (χ1) is 12.0. The van der Waals surface area contributed by atoms with Gasteiger partial charge in [0.15, 0.2) is 0 Å². The minimum atomic E-state index is -0.836. The Hall–Kier alpha value is -2.96. The minimum absolute atomic E-state index is 0.166. The van der Waals surface area contributed by atoms with E-state index in [2.05, 4.69) is 15.6 Å². The lowest BCUT2D eigenvalue weighted by molar-refractivity contribution is -0.138. The second-order valence-corrected chi connectivity index (χ2v) is 6.05. The first-order valence-electron chi connectivity index (χ1n) is 8.28. The third-order valence-electron chi connectivity index (χ3n) is 4.17. The molecule has 0 atom stereocenters. The molecule has 130 valence electrons. The summed E-state index contributed by atoms with van der Waals surface area (Å²) in [5.74, 6) is -1.82. The molecule has 1 fully saturated rings. The molecule has 0 aliphatic carbocycles. The number of nitrogens with zero attached hydrogens (tertiary/aromatic N) is 2. The zero-order valence-electron chi connectivity index (χ0n) is 14.0. The Bertz CT molecular complexity index is 828. The van der Waals surface area contributed by atoms with Crippen molar-refractivity contribution < 1.29 is 14.4 Å². The van der Waals surface area contributed by atoms with Crippen LogP contribution in [0.4, 0.5) is 5.69 Å². The van der Waals surface area contributed by atoms with Crippen LogP contribution < -0.4 is 10.6 Å². The molecule has 25 heavy (non-hydrogen) atoms. The van der Waals surface area contributed by atoms with E-state index in [-0.39, 0.29) is 12.5 Å². The van der Waals surface area contributed by atoms with Gasteiger partial charge in [-0.05, 0) is 31.9 Å². The minimum Gasteiger partial charge on any atom is -0.341 e. The summed E-state index contributed by atoms with van der Waals surface area (Å²) >= 11 is 0. The first-order valence-corrected chi connectivity index (χ1v) is 8.28. The van der Waals surface area contributed by atoms with Crippen LogP contribution in [0.1, 0.15) is 18.5 Å². The number of carbonyl (C=O) groups is 3. The Kier molecular flexibility index (Phi) is 4.92. The number of likely N-dealkylation sites (tertiary alicyclic amines) is 1. The molecule has 0 spiro atoms. The fourth-order valence-electron chi connectivity index (χ4n) is 2.84. The molecule has 0 bridgehead atoms. The van der Waals surface area contributed by atoms with Gasteiger partial charge < -0.3 is 15.5 Å². The molecular weight excluding hydrogens is 320 g/mol. The molecule has 1 saturated heterocycles. The van der Waals surface area contributed by atoms with Gasteiger partial charge in [-0.3, -0.25) is 19.4 Å². The highest BCUT2D eigenvalue weighted by molar-refractivity contribution is 6.40. The topological polar surface area (TPSA) is 91.4 Å². The van der Waals surface area contributed by atoms with Gasteiger partial charge in [0.1, 0.15) is 0 Å². The second kappa shape index (κ2) is 7.29. The van der Waals surface area contributed by atoms with Crippen LogP contribution in [0.3, 0.4) is 0 Å². The SMILES string of the molecule is Cc1ccc2cccc(NC(=O)C(=O)NCC(=O)N3CCCC3)c2n1. The molecule has 0 radical (unpaired) electrons. The van der Waals surface area contributed by atoms with E-state index in [4.69, 9.17) is 0 Å². The van der Waals surface area contributed by atoms with Crippen LogP contribution in [0.25, 0.3) is 10.9 Å². The summed E-state index contributed by atoms with van der Waals surface area (Å²) < 4.78 is 0. The Morgan fingerprint density at radius 2 is 1.84 bits per heavy atom. The largest absolute Gasteiger partial charge is 0.341 e. The molecule has 7 heteroatoms. The lowest BCUT2D eigenvalue weighted by Crippen LogP contribution is -2.42. The van der Waals surface area contributed by atoms with Crippen molar-refractivity contribution >= 4 is 34.3 Å². The molecule has 2 N–H and O–H groups in total. The maximum absolute atomic E-state index is 12.1. The maximum atomic E-state index is 12.1. The van der Waals surface area contributed by atoms with E-state index in [9.17, 15) is 14.4 Å². The molecule has 2 heterocycles. The Morgan fingerprint density at radius 3 is 2.60 bits per heavy atom. The van der Waals surface area contributed by atoms with Crippen molar-refractivity contribution in [3.05, 3.63) is 36.0 Å². The average Bonchev–Trinajstić information content (AvgIpc) is 3.14. The standard InChI is InChI=1S/C18H20N4O3/c1-12-7-8-13-5-4-6-14(16(13)20-12)21-18(25)17(24)19-11-15(23)22-9-2-3-10-22/h4-8H,2-3,9-11H2,1H3,(H,19,24)(H,21,25). The van der Waals surface area contributed by atoms with Crippen molar-refractivity contribution in [3.8, 4) is 0 Å². The molecule has 1 aromatic carbocycles. The van der Waals surface area contributed by atoms with Gasteiger partial charge in [-0.1, -0.05) is 18.2 Å². The molecule has 3 amide bonds. The average molecular weight is 340 g/mol. The van der Waals surface area contributed by atoms with Crippen molar-refractivity contribution in [2.45, 2.75) is 19.8 Å². The molecule has 1 aromatic heterocycles. The van der Waals surface area contributed by atoms with Crippen LogP contribution in [0.5, 0.6) is 0 Å². The van der Waals surface area contributed by atoms with E-state index < -0.39 is 11.8 Å². The van der Waals surface area contributed by atoms with E-state index in [1.165, 1.54) is 0 Å². The van der Waals surface area contributed by atoms with Crippen molar-refractivity contribution in [2.24, 2.45) is 0 Å². The van der Waals surface area contributed by atoms with Gasteiger partial charge in [-0.2, -0.15) is 0 Å². The normalized spacial score (nSPS) is 13.7. The third kappa shape index (κ3) is 3.93. The number of aromatic nitrogens is 1. The second-order valence-electron chi connectivity index (χ2n) is 6.05. The van der Waals surface area contributed by atoms with Gasteiger partial charge in [-0.25, -0.2) is 0 Å². The zero-order valence-corrected chi connectivity index (χ0v) is 14.0. The Balaban J connectivity index is 1.62. The molecular formula is C18H20N4O3. The lowest BCUT2D eigenvalue weighted by atomic mass is 10.1. The summed E-state index contributed by atoms with van der Waals surface area (Å²) in [6.45, 7) is 3.11. The Labute approximate surface area is 145 Å². The van der Waals surface area contributed by atoms with Crippen molar-refractivity contribution in [2.75, 3.05) is 25.0 Å². The highest BCUT2D eigenvalue weighted by Crippen LogP contribution is 2.21. The highest BCUT2D eigenvalue weighted by Gasteiger charge is 2.20. The summed E-state index contributed by atoms with van der Waals surface area (Å²) in [5.41, 5.74) is 1.90. The van der Waals surface area contributed by atoms with Crippen LogP contribution >= 0.6 is 0 Å². The molecule has 7 nitrogen and oxygen atoms in total. The zero-order chi connectivity index (χ0) is 17.8. The molecule has 0 saturated carbocycles. The van der Waals surface area contributed by atoms with E-state index in [1.807, 2.05) is 25.1 Å². The van der Waals surface area contributed by atoms with E-state index in [0.717, 1.165) is 23.9 Å². The van der Waals surface area contributed by atoms with Gasteiger partial charge in [0.05, 0.1) is 17.7 Å². The van der Waals surface area contributed by atoms with E-state index in [0.29, 0.717) is 24.3 Å². The molecule has 2 aromatic rings. The van der Waals surface area contributed by atoms with Crippen molar-refractivity contribution in [1.82, 2.24) is 15.2 Å². The van der Waals surface area contributed by atoms with Gasteiger partial charge in [0, 0.05) is 24.2 Å². The first kappa shape index (κ1) is 16.9. The molecule has 0 unspecified atom stereocenters. The molecule has 3 rings (SSSR count). The number of anilines is 1. The summed E-state index contributed by atoms with van der Waals surface area (Å²) in [5, 5.41) is 5.81. The number of para-hydroxylation sites is 1. The van der Waals surface area contributed by atoms with Crippen LogP contribution in [0.15, 0.2) is 30.3 Å². The maximum Gasteiger partial charge on any atom is 0.313 e.